The lowest BCUT2D eigenvalue weighted by molar-refractivity contribution is -0.181. The van der Waals surface area contributed by atoms with Crippen LogP contribution < -0.4 is 0 Å². The standard InChI is InChI=1S/C11H18N2O4S/c1-5(14)9-8(16)7(15)6-10(17-9)18-11(12-6)13-3-2-4-13/h5-10,14-16H,2-4H2,1H3/t5-,6+,7+,8-,9?,10+/m0/s1. The Morgan fingerprint density at radius 2 is 2.11 bits per heavy atom. The highest BCUT2D eigenvalue weighted by Gasteiger charge is 2.50. The van der Waals surface area contributed by atoms with Crippen molar-refractivity contribution in [1.29, 1.82) is 0 Å². The molecule has 3 rings (SSSR count). The Kier molecular flexibility index (Phi) is 3.27. The van der Waals surface area contributed by atoms with Crippen molar-refractivity contribution in [3.05, 3.63) is 0 Å². The van der Waals surface area contributed by atoms with Crippen molar-refractivity contribution < 1.29 is 20.1 Å². The largest absolute Gasteiger partial charge is 0.391 e. The Bertz CT molecular complexity index is 361. The second-order valence-corrected chi connectivity index (χ2v) is 6.12. The molecule has 3 heterocycles. The van der Waals surface area contributed by atoms with Gasteiger partial charge in [-0.05, 0) is 13.3 Å². The topological polar surface area (TPSA) is 85.5 Å². The predicted molar refractivity (Wildman–Crippen MR) is 67.4 cm³/mol. The zero-order valence-electron chi connectivity index (χ0n) is 10.1. The average Bonchev–Trinajstić information content (AvgIpc) is 2.64. The molecule has 2 saturated heterocycles. The van der Waals surface area contributed by atoms with E-state index in [4.69, 9.17) is 4.74 Å². The maximum atomic E-state index is 10.1. The van der Waals surface area contributed by atoms with E-state index in [1.807, 2.05) is 0 Å². The van der Waals surface area contributed by atoms with Crippen LogP contribution in [0.1, 0.15) is 13.3 Å². The summed E-state index contributed by atoms with van der Waals surface area (Å²) in [5.74, 6) is 0. The molecular weight excluding hydrogens is 256 g/mol. The van der Waals surface area contributed by atoms with Gasteiger partial charge in [0.25, 0.3) is 0 Å². The van der Waals surface area contributed by atoms with Crippen LogP contribution in [-0.2, 0) is 4.74 Å². The van der Waals surface area contributed by atoms with Crippen molar-refractivity contribution in [3.63, 3.8) is 0 Å². The maximum Gasteiger partial charge on any atom is 0.162 e. The Hall–Kier alpha value is -0.340. The zero-order valence-corrected chi connectivity index (χ0v) is 11.0. The molecule has 0 saturated carbocycles. The number of rotatable bonds is 1. The lowest BCUT2D eigenvalue weighted by Gasteiger charge is -2.39. The van der Waals surface area contributed by atoms with Crippen molar-refractivity contribution in [2.75, 3.05) is 13.1 Å². The summed E-state index contributed by atoms with van der Waals surface area (Å²) in [7, 11) is 0. The third-order valence-electron chi connectivity index (χ3n) is 3.69. The highest BCUT2D eigenvalue weighted by Crippen LogP contribution is 2.38. The van der Waals surface area contributed by atoms with E-state index < -0.39 is 30.5 Å². The summed E-state index contributed by atoms with van der Waals surface area (Å²) in [5.41, 5.74) is -0.307. The Morgan fingerprint density at radius 1 is 1.39 bits per heavy atom. The van der Waals surface area contributed by atoms with Crippen LogP contribution in [0.25, 0.3) is 0 Å². The van der Waals surface area contributed by atoms with Gasteiger partial charge in [-0.25, -0.2) is 0 Å². The quantitative estimate of drug-likeness (QED) is 0.568. The van der Waals surface area contributed by atoms with Gasteiger partial charge in [0, 0.05) is 13.1 Å². The van der Waals surface area contributed by atoms with Crippen LogP contribution in [0.15, 0.2) is 4.99 Å². The molecule has 6 atom stereocenters. The third kappa shape index (κ3) is 1.94. The highest BCUT2D eigenvalue weighted by molar-refractivity contribution is 8.14. The summed E-state index contributed by atoms with van der Waals surface area (Å²) in [6.45, 7) is 3.53. The van der Waals surface area contributed by atoms with Crippen LogP contribution in [0, 0.1) is 0 Å². The van der Waals surface area contributed by atoms with Crippen molar-refractivity contribution in [1.82, 2.24) is 4.90 Å². The summed E-state index contributed by atoms with van der Waals surface area (Å²) in [5, 5.41) is 30.4. The number of fused-ring (bicyclic) bond motifs is 1. The predicted octanol–water partition coefficient (Wildman–Crippen LogP) is -1.01. The molecule has 0 aromatic carbocycles. The van der Waals surface area contributed by atoms with Crippen molar-refractivity contribution in [2.24, 2.45) is 4.99 Å². The van der Waals surface area contributed by atoms with Gasteiger partial charge < -0.3 is 25.0 Å². The van der Waals surface area contributed by atoms with E-state index >= 15 is 0 Å². The third-order valence-corrected chi connectivity index (χ3v) is 4.89. The van der Waals surface area contributed by atoms with Gasteiger partial charge in [0.1, 0.15) is 29.8 Å². The molecule has 7 heteroatoms. The first-order valence-corrected chi connectivity index (χ1v) is 7.15. The Balaban J connectivity index is 1.75. The molecule has 0 aliphatic carbocycles. The van der Waals surface area contributed by atoms with Gasteiger partial charge >= 0.3 is 0 Å². The number of ether oxygens (including phenoxy) is 1. The van der Waals surface area contributed by atoms with Gasteiger partial charge in [-0.3, -0.25) is 4.99 Å². The van der Waals surface area contributed by atoms with Gasteiger partial charge in [0.2, 0.25) is 0 Å². The van der Waals surface area contributed by atoms with Crippen molar-refractivity contribution in [2.45, 2.75) is 49.2 Å². The summed E-state index contributed by atoms with van der Waals surface area (Å²) in [6.07, 6.45) is -2.47. The molecule has 3 N–H and O–H groups in total. The average molecular weight is 274 g/mol. The van der Waals surface area contributed by atoms with Gasteiger partial charge in [0.05, 0.1) is 6.10 Å². The minimum absolute atomic E-state index is 0.307. The molecule has 0 radical (unpaired) electrons. The summed E-state index contributed by atoms with van der Waals surface area (Å²) >= 11 is 1.48. The minimum atomic E-state index is -1.09. The number of thioether (sulfide) groups is 1. The van der Waals surface area contributed by atoms with Crippen LogP contribution in [-0.4, -0.2) is 74.4 Å². The minimum Gasteiger partial charge on any atom is -0.391 e. The highest BCUT2D eigenvalue weighted by atomic mass is 32.2. The Labute approximate surface area is 110 Å². The lowest BCUT2D eigenvalue weighted by Crippen LogP contribution is -2.57. The number of amidine groups is 1. The molecule has 1 unspecified atom stereocenters. The first kappa shape index (κ1) is 12.7. The van der Waals surface area contributed by atoms with E-state index in [-0.39, 0.29) is 5.44 Å². The number of likely N-dealkylation sites (tertiary alicyclic amines) is 1. The first-order chi connectivity index (χ1) is 8.58. The van der Waals surface area contributed by atoms with E-state index in [0.717, 1.165) is 24.7 Å². The molecule has 2 fully saturated rings. The summed E-state index contributed by atoms with van der Waals surface area (Å²) in [4.78, 5) is 6.59. The Morgan fingerprint density at radius 3 is 2.67 bits per heavy atom. The second-order valence-electron chi connectivity index (χ2n) is 5.05. The summed E-state index contributed by atoms with van der Waals surface area (Å²) in [6, 6.07) is -0.435. The second kappa shape index (κ2) is 4.64. The van der Waals surface area contributed by atoms with Crippen LogP contribution in [0.4, 0.5) is 0 Å². The smallest absolute Gasteiger partial charge is 0.162 e. The van der Waals surface area contributed by atoms with E-state index in [2.05, 4.69) is 9.89 Å². The number of aliphatic hydroxyl groups is 3. The number of nitrogens with zero attached hydrogens (tertiary/aromatic N) is 2. The summed E-state index contributed by atoms with van der Waals surface area (Å²) < 4.78 is 5.67. The van der Waals surface area contributed by atoms with Crippen LogP contribution in [0.2, 0.25) is 0 Å². The first-order valence-electron chi connectivity index (χ1n) is 6.27. The molecule has 3 aliphatic rings. The molecular formula is C11H18N2O4S. The fourth-order valence-electron chi connectivity index (χ4n) is 2.43. The van der Waals surface area contributed by atoms with Crippen LogP contribution >= 0.6 is 11.8 Å². The van der Waals surface area contributed by atoms with Crippen LogP contribution in [0.3, 0.4) is 0 Å². The molecule has 102 valence electrons. The number of hydrogen-bond acceptors (Lipinski definition) is 7. The van der Waals surface area contributed by atoms with E-state index in [0.29, 0.717) is 0 Å². The van der Waals surface area contributed by atoms with Crippen molar-refractivity contribution in [3.8, 4) is 0 Å². The zero-order chi connectivity index (χ0) is 12.9. The lowest BCUT2D eigenvalue weighted by atomic mass is 9.95. The van der Waals surface area contributed by atoms with Crippen LogP contribution in [0.5, 0.6) is 0 Å². The molecule has 0 aromatic heterocycles. The molecule has 0 aromatic rings. The van der Waals surface area contributed by atoms with E-state index in [1.54, 1.807) is 6.92 Å². The SMILES string of the molecule is C[C@H](O)C1O[C@@H]2SC(N3CCC3)=N[C@@H]2[C@@H](O)[C@@H]1O. The van der Waals surface area contributed by atoms with Gasteiger partial charge in [-0.2, -0.15) is 0 Å². The monoisotopic (exact) mass is 274 g/mol. The normalized spacial score (nSPS) is 45.2. The molecule has 0 amide bonds. The number of aliphatic hydroxyl groups excluding tert-OH is 3. The molecule has 18 heavy (non-hydrogen) atoms. The van der Waals surface area contributed by atoms with E-state index in [9.17, 15) is 15.3 Å². The molecule has 0 spiro atoms. The number of aliphatic imine (C=N–C) groups is 1. The fourth-order valence-corrected chi connectivity index (χ4v) is 3.70. The van der Waals surface area contributed by atoms with Crippen molar-refractivity contribution >= 4 is 16.9 Å². The molecule has 6 nitrogen and oxygen atoms in total. The van der Waals surface area contributed by atoms with Gasteiger partial charge in [0.15, 0.2) is 5.17 Å². The fraction of sp³-hybridized carbons (Fsp3) is 0.909. The maximum absolute atomic E-state index is 10.1. The molecule has 3 aliphatic heterocycles. The van der Waals surface area contributed by atoms with E-state index in [1.165, 1.54) is 11.8 Å². The van der Waals surface area contributed by atoms with Gasteiger partial charge in [-0.1, -0.05) is 11.8 Å². The number of hydrogen-bond donors (Lipinski definition) is 3. The van der Waals surface area contributed by atoms with Gasteiger partial charge in [-0.15, -0.1) is 0 Å². The molecule has 0 bridgehead atoms.